The third-order valence-electron chi connectivity index (χ3n) is 9.06. The highest BCUT2D eigenvalue weighted by Gasteiger charge is 2.29. The Bertz CT molecular complexity index is 1630. The van der Waals surface area contributed by atoms with Crippen molar-refractivity contribution in [2.75, 3.05) is 52.9 Å². The van der Waals surface area contributed by atoms with Gasteiger partial charge in [0.1, 0.15) is 11.6 Å². The molecule has 0 aromatic heterocycles. The van der Waals surface area contributed by atoms with Crippen molar-refractivity contribution in [1.29, 1.82) is 0 Å². The minimum atomic E-state index is -0.581. The first-order valence-electron chi connectivity index (χ1n) is 16.8. The summed E-state index contributed by atoms with van der Waals surface area (Å²) in [4.78, 5) is 20.6. The van der Waals surface area contributed by atoms with Crippen LogP contribution < -0.4 is 10.2 Å². The van der Waals surface area contributed by atoms with Gasteiger partial charge >= 0.3 is 0 Å². The van der Waals surface area contributed by atoms with Crippen molar-refractivity contribution in [3.8, 4) is 5.75 Å². The van der Waals surface area contributed by atoms with E-state index in [4.69, 9.17) is 4.74 Å². The zero-order chi connectivity index (χ0) is 33.2. The van der Waals surface area contributed by atoms with Gasteiger partial charge in [-0.25, -0.2) is 8.78 Å². The van der Waals surface area contributed by atoms with E-state index in [-0.39, 0.29) is 17.4 Å². The van der Waals surface area contributed by atoms with Crippen molar-refractivity contribution < 1.29 is 13.5 Å². The van der Waals surface area contributed by atoms with Crippen molar-refractivity contribution in [3.05, 3.63) is 147 Å². The van der Waals surface area contributed by atoms with Gasteiger partial charge in [0, 0.05) is 63.0 Å². The Labute approximate surface area is 278 Å². The minimum absolute atomic E-state index is 0.0627. The van der Waals surface area contributed by atoms with Gasteiger partial charge in [-0.2, -0.15) is 0 Å². The standard InChI is InChI=1S/C40H47F2N3O2/c1-30(2)33-15-16-34(40(46)38(27-33)47-26-10-20-43(3)21-19-31-11-6-4-7-12-31)29-44-22-24-45(25-23-44)39(32-13-8-5-9-14-32)36-18-17-35(41)28-37(36)42/h4-9,11-18,27-28,30,39H,10,19-26,29H2,1-3H3. The zero-order valence-electron chi connectivity index (χ0n) is 27.9. The van der Waals surface area contributed by atoms with Crippen LogP contribution in [0.3, 0.4) is 0 Å². The van der Waals surface area contributed by atoms with E-state index >= 15 is 4.39 Å². The summed E-state index contributed by atoms with van der Waals surface area (Å²) in [5.74, 6) is -0.453. The molecular formula is C40H47F2N3O2. The number of piperazine rings is 1. The molecule has 1 aliphatic heterocycles. The molecule has 47 heavy (non-hydrogen) atoms. The van der Waals surface area contributed by atoms with Crippen molar-refractivity contribution in [2.24, 2.45) is 0 Å². The maximum Gasteiger partial charge on any atom is 0.224 e. The van der Waals surface area contributed by atoms with E-state index in [1.54, 1.807) is 6.07 Å². The summed E-state index contributed by atoms with van der Waals surface area (Å²) in [5, 5.41) is 0. The van der Waals surface area contributed by atoms with Crippen LogP contribution in [0.1, 0.15) is 60.0 Å². The number of likely N-dealkylation sites (N-methyl/N-ethyl adjacent to an activating group) is 1. The summed E-state index contributed by atoms with van der Waals surface area (Å²) >= 11 is 0. The fourth-order valence-electron chi connectivity index (χ4n) is 6.25. The van der Waals surface area contributed by atoms with Crippen LogP contribution in [-0.2, 0) is 13.0 Å². The van der Waals surface area contributed by atoms with Crippen molar-refractivity contribution in [2.45, 2.75) is 45.2 Å². The summed E-state index contributed by atoms with van der Waals surface area (Å²) in [6.07, 6.45) is 1.83. The summed E-state index contributed by atoms with van der Waals surface area (Å²) in [6.45, 7) is 9.89. The number of halogens is 2. The van der Waals surface area contributed by atoms with Crippen LogP contribution in [0.4, 0.5) is 8.78 Å². The van der Waals surface area contributed by atoms with E-state index in [2.05, 4.69) is 59.9 Å². The van der Waals surface area contributed by atoms with Gasteiger partial charge in [0.05, 0.1) is 12.6 Å². The molecule has 0 spiro atoms. The number of hydrogen-bond donors (Lipinski definition) is 0. The van der Waals surface area contributed by atoms with Crippen LogP contribution >= 0.6 is 0 Å². The topological polar surface area (TPSA) is 36.0 Å². The van der Waals surface area contributed by atoms with Crippen molar-refractivity contribution in [3.63, 3.8) is 0 Å². The molecule has 1 aliphatic rings. The predicted molar refractivity (Wildman–Crippen MR) is 186 cm³/mol. The highest BCUT2D eigenvalue weighted by atomic mass is 19.1. The van der Waals surface area contributed by atoms with Gasteiger partial charge in [-0.05, 0) is 54.6 Å². The Balaban J connectivity index is 1.22. The predicted octanol–water partition coefficient (Wildman–Crippen LogP) is 7.30. The monoisotopic (exact) mass is 639 g/mol. The van der Waals surface area contributed by atoms with Gasteiger partial charge in [-0.1, -0.05) is 92.7 Å². The lowest BCUT2D eigenvalue weighted by Gasteiger charge is -2.39. The Kier molecular flexibility index (Phi) is 12.3. The molecule has 0 radical (unpaired) electrons. The van der Waals surface area contributed by atoms with E-state index in [9.17, 15) is 9.18 Å². The van der Waals surface area contributed by atoms with Gasteiger partial charge in [-0.3, -0.25) is 14.6 Å². The fraction of sp³-hybridized carbons (Fsp3) is 0.375. The molecule has 0 aliphatic carbocycles. The number of nitrogens with zero attached hydrogens (tertiary/aromatic N) is 3. The first kappa shape index (κ1) is 34.4. The Hall–Kier alpha value is -3.91. The van der Waals surface area contributed by atoms with Gasteiger partial charge in [0.25, 0.3) is 0 Å². The van der Waals surface area contributed by atoms with Gasteiger partial charge in [-0.15, -0.1) is 0 Å². The van der Waals surface area contributed by atoms with Gasteiger partial charge < -0.3 is 9.64 Å². The maximum atomic E-state index is 15.0. The zero-order valence-corrected chi connectivity index (χ0v) is 27.9. The SMILES string of the molecule is CC(C)c1ccc(CN2CCN(C(c3ccccc3)c3ccc(F)cc3F)CC2)c(=O)c(OCCCN(C)CCc2ccccc2)c1. The average Bonchev–Trinajstić information content (AvgIpc) is 3.23. The molecule has 0 amide bonds. The second-order valence-corrected chi connectivity index (χ2v) is 12.9. The molecule has 248 valence electrons. The molecular weight excluding hydrogens is 592 g/mol. The number of rotatable bonds is 14. The van der Waals surface area contributed by atoms with Crippen LogP contribution in [0.5, 0.6) is 5.75 Å². The molecule has 1 unspecified atom stereocenters. The number of benzene rings is 3. The summed E-state index contributed by atoms with van der Waals surface area (Å²) < 4.78 is 35.0. The number of hydrogen-bond acceptors (Lipinski definition) is 5. The van der Waals surface area contributed by atoms with E-state index in [0.29, 0.717) is 56.2 Å². The third kappa shape index (κ3) is 9.57. The molecule has 7 heteroatoms. The molecule has 0 saturated carbocycles. The van der Waals surface area contributed by atoms with Crippen LogP contribution in [-0.4, -0.2) is 67.6 Å². The number of ether oxygens (including phenoxy) is 1. The minimum Gasteiger partial charge on any atom is -0.489 e. The van der Waals surface area contributed by atoms with E-state index in [0.717, 1.165) is 43.1 Å². The second-order valence-electron chi connectivity index (χ2n) is 12.9. The normalized spacial score (nSPS) is 14.9. The van der Waals surface area contributed by atoms with Crippen LogP contribution in [0.25, 0.3) is 0 Å². The first-order chi connectivity index (χ1) is 22.8. The molecule has 5 nitrogen and oxygen atoms in total. The molecule has 0 N–H and O–H groups in total. The summed E-state index contributed by atoms with van der Waals surface area (Å²) in [7, 11) is 2.12. The van der Waals surface area contributed by atoms with Gasteiger partial charge in [0.2, 0.25) is 5.43 Å². The first-order valence-corrected chi connectivity index (χ1v) is 16.8. The lowest BCUT2D eigenvalue weighted by molar-refractivity contribution is 0.103. The Morgan fingerprint density at radius 3 is 2.19 bits per heavy atom. The van der Waals surface area contributed by atoms with Crippen molar-refractivity contribution in [1.82, 2.24) is 14.7 Å². The maximum absolute atomic E-state index is 15.0. The fourth-order valence-corrected chi connectivity index (χ4v) is 6.25. The third-order valence-corrected chi connectivity index (χ3v) is 9.06. The smallest absolute Gasteiger partial charge is 0.224 e. The largest absolute Gasteiger partial charge is 0.489 e. The second kappa shape index (κ2) is 16.8. The molecule has 1 fully saturated rings. The Morgan fingerprint density at radius 1 is 0.809 bits per heavy atom. The summed E-state index contributed by atoms with van der Waals surface area (Å²) in [5.41, 5.74) is 4.48. The van der Waals surface area contributed by atoms with Crippen LogP contribution in [0, 0.1) is 11.6 Å². The highest BCUT2D eigenvalue weighted by Crippen LogP contribution is 2.32. The van der Waals surface area contributed by atoms with E-state index in [1.807, 2.05) is 54.6 Å². The van der Waals surface area contributed by atoms with Crippen molar-refractivity contribution >= 4 is 0 Å². The van der Waals surface area contributed by atoms with Gasteiger partial charge in [0.15, 0.2) is 5.75 Å². The lowest BCUT2D eigenvalue weighted by atomic mass is 9.95. The van der Waals surface area contributed by atoms with E-state index < -0.39 is 11.6 Å². The Morgan fingerprint density at radius 2 is 1.51 bits per heavy atom. The highest BCUT2D eigenvalue weighted by molar-refractivity contribution is 5.35. The van der Waals surface area contributed by atoms with Crippen LogP contribution in [0.15, 0.2) is 102 Å². The van der Waals surface area contributed by atoms with E-state index in [1.165, 1.54) is 11.6 Å². The quantitative estimate of drug-likeness (QED) is 0.135. The lowest BCUT2D eigenvalue weighted by Crippen LogP contribution is -2.47. The molecule has 1 saturated heterocycles. The molecule has 1 heterocycles. The average molecular weight is 640 g/mol. The molecule has 0 bridgehead atoms. The molecule has 4 aromatic rings. The molecule has 1 atom stereocenters. The molecule has 5 rings (SSSR count). The van der Waals surface area contributed by atoms with Crippen LogP contribution in [0.2, 0.25) is 0 Å². The summed E-state index contributed by atoms with van der Waals surface area (Å²) in [6, 6.07) is 29.7. The molecule has 4 aromatic carbocycles.